The molecule has 1 aliphatic rings. The molecule has 0 spiro atoms. The Morgan fingerprint density at radius 2 is 2.38 bits per heavy atom. The van der Waals surface area contributed by atoms with Crippen molar-refractivity contribution in [1.82, 2.24) is 5.32 Å². The SMILES string of the molecule is NC1CNCC1CF. The first-order valence-electron chi connectivity index (χ1n) is 2.87. The van der Waals surface area contributed by atoms with Crippen molar-refractivity contribution in [2.75, 3.05) is 19.8 Å². The summed E-state index contributed by atoms with van der Waals surface area (Å²) in [6.07, 6.45) is 0. The lowest BCUT2D eigenvalue weighted by molar-refractivity contribution is 0.358. The summed E-state index contributed by atoms with van der Waals surface area (Å²) in [5.74, 6) is 0.0648. The molecule has 1 aliphatic heterocycles. The van der Waals surface area contributed by atoms with Gasteiger partial charge in [-0.05, 0) is 0 Å². The average Bonchev–Trinajstić information content (AvgIpc) is 2.14. The lowest BCUT2D eigenvalue weighted by Crippen LogP contribution is -2.29. The minimum Gasteiger partial charge on any atom is -0.326 e. The summed E-state index contributed by atoms with van der Waals surface area (Å²) in [5, 5.41) is 3.01. The van der Waals surface area contributed by atoms with E-state index in [2.05, 4.69) is 5.32 Å². The van der Waals surface area contributed by atoms with Gasteiger partial charge in [-0.1, -0.05) is 0 Å². The van der Waals surface area contributed by atoms with Crippen LogP contribution in [0.2, 0.25) is 0 Å². The Morgan fingerprint density at radius 3 is 2.62 bits per heavy atom. The van der Waals surface area contributed by atoms with Crippen LogP contribution in [-0.4, -0.2) is 25.8 Å². The van der Waals surface area contributed by atoms with Crippen LogP contribution >= 0.6 is 0 Å². The van der Waals surface area contributed by atoms with Crippen LogP contribution in [0, 0.1) is 5.92 Å². The number of nitrogens with one attached hydrogen (secondary N) is 1. The second kappa shape index (κ2) is 2.42. The molecular formula is C5H11FN2. The summed E-state index contributed by atoms with van der Waals surface area (Å²) >= 11 is 0. The molecule has 48 valence electrons. The number of nitrogens with two attached hydrogens (primary N) is 1. The number of hydrogen-bond donors (Lipinski definition) is 2. The van der Waals surface area contributed by atoms with Crippen molar-refractivity contribution in [2.24, 2.45) is 11.7 Å². The van der Waals surface area contributed by atoms with Crippen LogP contribution < -0.4 is 11.1 Å². The summed E-state index contributed by atoms with van der Waals surface area (Å²) in [7, 11) is 0. The van der Waals surface area contributed by atoms with E-state index in [-0.39, 0.29) is 18.6 Å². The molecule has 0 saturated carbocycles. The number of alkyl halides is 1. The smallest absolute Gasteiger partial charge is 0.0950 e. The van der Waals surface area contributed by atoms with E-state index in [0.29, 0.717) is 0 Å². The molecule has 2 atom stereocenters. The van der Waals surface area contributed by atoms with Gasteiger partial charge in [-0.3, -0.25) is 4.39 Å². The quantitative estimate of drug-likeness (QED) is 0.487. The van der Waals surface area contributed by atoms with E-state index in [1.165, 1.54) is 0 Å². The number of rotatable bonds is 1. The molecular weight excluding hydrogens is 107 g/mol. The van der Waals surface area contributed by atoms with E-state index in [9.17, 15) is 4.39 Å². The summed E-state index contributed by atoms with van der Waals surface area (Å²) < 4.78 is 11.8. The van der Waals surface area contributed by atoms with Gasteiger partial charge in [0.1, 0.15) is 0 Å². The highest BCUT2D eigenvalue weighted by Crippen LogP contribution is 2.05. The van der Waals surface area contributed by atoms with Crippen molar-refractivity contribution >= 4 is 0 Å². The van der Waals surface area contributed by atoms with Crippen molar-refractivity contribution in [3.63, 3.8) is 0 Å². The van der Waals surface area contributed by atoms with E-state index >= 15 is 0 Å². The summed E-state index contributed by atoms with van der Waals surface area (Å²) in [4.78, 5) is 0. The van der Waals surface area contributed by atoms with Gasteiger partial charge >= 0.3 is 0 Å². The fourth-order valence-electron chi connectivity index (χ4n) is 0.922. The number of hydrogen-bond acceptors (Lipinski definition) is 2. The molecule has 1 saturated heterocycles. The standard InChI is InChI=1S/C5H11FN2/c6-1-4-2-8-3-5(4)7/h4-5,8H,1-3,7H2. The minimum atomic E-state index is -0.284. The first-order valence-corrected chi connectivity index (χ1v) is 2.87. The molecule has 0 radical (unpaired) electrons. The van der Waals surface area contributed by atoms with E-state index < -0.39 is 0 Å². The molecule has 2 unspecified atom stereocenters. The fraction of sp³-hybridized carbons (Fsp3) is 1.00. The van der Waals surface area contributed by atoms with Gasteiger partial charge in [0.05, 0.1) is 6.67 Å². The molecule has 1 heterocycles. The molecule has 0 aromatic heterocycles. The van der Waals surface area contributed by atoms with Crippen LogP contribution in [0.25, 0.3) is 0 Å². The maximum absolute atomic E-state index is 11.8. The second-order valence-electron chi connectivity index (χ2n) is 2.24. The molecule has 1 rings (SSSR count). The second-order valence-corrected chi connectivity index (χ2v) is 2.24. The lowest BCUT2D eigenvalue weighted by Gasteiger charge is -2.06. The zero-order chi connectivity index (χ0) is 5.98. The van der Waals surface area contributed by atoms with Crippen LogP contribution in [0.3, 0.4) is 0 Å². The van der Waals surface area contributed by atoms with Crippen molar-refractivity contribution < 1.29 is 4.39 Å². The van der Waals surface area contributed by atoms with E-state index in [1.807, 2.05) is 0 Å². The van der Waals surface area contributed by atoms with Crippen LogP contribution in [0.5, 0.6) is 0 Å². The van der Waals surface area contributed by atoms with E-state index in [1.54, 1.807) is 0 Å². The highest BCUT2D eigenvalue weighted by atomic mass is 19.1. The minimum absolute atomic E-state index is 0.0417. The Labute approximate surface area is 48.2 Å². The Hall–Kier alpha value is -0.150. The van der Waals surface area contributed by atoms with Gasteiger partial charge in [-0.15, -0.1) is 0 Å². The van der Waals surface area contributed by atoms with Crippen molar-refractivity contribution in [3.8, 4) is 0 Å². The van der Waals surface area contributed by atoms with Crippen LogP contribution in [0.4, 0.5) is 4.39 Å². The molecule has 3 N–H and O–H groups in total. The van der Waals surface area contributed by atoms with E-state index in [0.717, 1.165) is 13.1 Å². The van der Waals surface area contributed by atoms with Gasteiger partial charge in [0.15, 0.2) is 0 Å². The molecule has 8 heavy (non-hydrogen) atoms. The highest BCUT2D eigenvalue weighted by molar-refractivity contribution is 4.82. The van der Waals surface area contributed by atoms with Gasteiger partial charge < -0.3 is 11.1 Å². The summed E-state index contributed by atoms with van der Waals surface area (Å²) in [6.45, 7) is 1.24. The van der Waals surface area contributed by atoms with Crippen LogP contribution in [0.15, 0.2) is 0 Å². The Bertz CT molecular complexity index is 76.8. The summed E-state index contributed by atoms with van der Waals surface area (Å²) in [5.41, 5.74) is 5.49. The van der Waals surface area contributed by atoms with Gasteiger partial charge in [-0.25, -0.2) is 0 Å². The monoisotopic (exact) mass is 118 g/mol. The Balaban J connectivity index is 2.30. The van der Waals surface area contributed by atoms with Gasteiger partial charge in [-0.2, -0.15) is 0 Å². The zero-order valence-electron chi connectivity index (χ0n) is 4.73. The maximum Gasteiger partial charge on any atom is 0.0950 e. The third-order valence-electron chi connectivity index (χ3n) is 1.59. The summed E-state index contributed by atoms with van der Waals surface area (Å²) in [6, 6.07) is 0.0417. The molecule has 3 heteroatoms. The average molecular weight is 118 g/mol. The topological polar surface area (TPSA) is 38.0 Å². The Kier molecular flexibility index (Phi) is 1.81. The van der Waals surface area contributed by atoms with E-state index in [4.69, 9.17) is 5.73 Å². The van der Waals surface area contributed by atoms with Crippen molar-refractivity contribution in [3.05, 3.63) is 0 Å². The lowest BCUT2D eigenvalue weighted by atomic mass is 10.1. The molecule has 0 aromatic carbocycles. The molecule has 2 nitrogen and oxygen atoms in total. The number of halogens is 1. The fourth-order valence-corrected chi connectivity index (χ4v) is 0.922. The maximum atomic E-state index is 11.8. The molecule has 0 aliphatic carbocycles. The van der Waals surface area contributed by atoms with Crippen molar-refractivity contribution in [1.29, 1.82) is 0 Å². The highest BCUT2D eigenvalue weighted by Gasteiger charge is 2.22. The predicted octanol–water partition coefficient (Wildman–Crippen LogP) is -0.497. The van der Waals surface area contributed by atoms with Gasteiger partial charge in [0.2, 0.25) is 0 Å². The predicted molar refractivity (Wildman–Crippen MR) is 30.3 cm³/mol. The molecule has 0 bridgehead atoms. The molecule has 0 aromatic rings. The zero-order valence-corrected chi connectivity index (χ0v) is 4.73. The van der Waals surface area contributed by atoms with Gasteiger partial charge in [0, 0.05) is 25.0 Å². The molecule has 1 fully saturated rings. The largest absolute Gasteiger partial charge is 0.326 e. The third kappa shape index (κ3) is 0.980. The molecule has 0 amide bonds. The normalized spacial score (nSPS) is 38.2. The Morgan fingerprint density at radius 1 is 1.62 bits per heavy atom. The third-order valence-corrected chi connectivity index (χ3v) is 1.59. The van der Waals surface area contributed by atoms with Gasteiger partial charge in [0.25, 0.3) is 0 Å². The first kappa shape index (κ1) is 5.98. The first-order chi connectivity index (χ1) is 3.84. The van der Waals surface area contributed by atoms with Crippen LogP contribution in [0.1, 0.15) is 0 Å². The van der Waals surface area contributed by atoms with Crippen LogP contribution in [-0.2, 0) is 0 Å². The van der Waals surface area contributed by atoms with Crippen molar-refractivity contribution in [2.45, 2.75) is 6.04 Å².